The van der Waals surface area contributed by atoms with E-state index in [9.17, 15) is 14.4 Å². The lowest BCUT2D eigenvalue weighted by molar-refractivity contribution is -0.128. The zero-order chi connectivity index (χ0) is 28.2. The first-order chi connectivity index (χ1) is 19.4. The number of ether oxygens (including phenoxy) is 2. The van der Waals surface area contributed by atoms with Gasteiger partial charge in [0.2, 0.25) is 5.91 Å². The maximum absolute atomic E-state index is 14.7. The topological polar surface area (TPSA) is 98.1 Å². The average molecular weight is 550 g/mol. The van der Waals surface area contributed by atoms with Crippen LogP contribution in [0.15, 0.2) is 30.9 Å². The minimum atomic E-state index is -0.311. The summed E-state index contributed by atoms with van der Waals surface area (Å²) in [6, 6.07) is 7.41. The van der Waals surface area contributed by atoms with Crippen LogP contribution in [0.4, 0.5) is 10.2 Å². The molecule has 0 radical (unpaired) electrons. The van der Waals surface area contributed by atoms with Gasteiger partial charge in [0.15, 0.2) is 0 Å². The summed E-state index contributed by atoms with van der Waals surface area (Å²) in [5, 5.41) is 9.45. The molecular formula is C29H36FN7O3. The van der Waals surface area contributed by atoms with Gasteiger partial charge in [-0.2, -0.15) is 15.2 Å². The zero-order valence-corrected chi connectivity index (χ0v) is 23.2. The van der Waals surface area contributed by atoms with Crippen molar-refractivity contribution >= 4 is 11.7 Å². The van der Waals surface area contributed by atoms with Crippen molar-refractivity contribution in [1.29, 1.82) is 5.26 Å². The minimum Gasteiger partial charge on any atom is -0.496 e. The number of hydrogen-bond donors (Lipinski definition) is 0. The van der Waals surface area contributed by atoms with E-state index < -0.39 is 0 Å². The largest absolute Gasteiger partial charge is 0.496 e. The summed E-state index contributed by atoms with van der Waals surface area (Å²) < 4.78 is 26.3. The van der Waals surface area contributed by atoms with Crippen LogP contribution < -0.4 is 14.4 Å². The van der Waals surface area contributed by atoms with E-state index in [1.807, 2.05) is 0 Å². The molecule has 0 unspecified atom stereocenters. The van der Waals surface area contributed by atoms with E-state index in [0.717, 1.165) is 36.5 Å². The number of methoxy groups -OCH3 is 1. The summed E-state index contributed by atoms with van der Waals surface area (Å²) in [6.07, 6.45) is 3.72. The predicted octanol–water partition coefficient (Wildman–Crippen LogP) is 2.73. The normalized spacial score (nSPS) is 21.2. The van der Waals surface area contributed by atoms with Crippen molar-refractivity contribution in [3.8, 4) is 17.8 Å². The molecule has 1 aromatic carbocycles. The molecule has 5 rings (SSSR count). The summed E-state index contributed by atoms with van der Waals surface area (Å²) in [4.78, 5) is 30.3. The first kappa shape index (κ1) is 27.8. The molecule has 4 heterocycles. The van der Waals surface area contributed by atoms with Crippen molar-refractivity contribution in [2.45, 2.75) is 51.0 Å². The van der Waals surface area contributed by atoms with Gasteiger partial charge in [-0.05, 0) is 44.6 Å². The minimum absolute atomic E-state index is 0.178. The molecule has 3 aliphatic heterocycles. The molecule has 0 bridgehead atoms. The number of piperazine rings is 1. The number of carbonyl (C=O) groups excluding carboxylic acids is 1. The predicted molar refractivity (Wildman–Crippen MR) is 147 cm³/mol. The van der Waals surface area contributed by atoms with Crippen molar-refractivity contribution in [3.63, 3.8) is 0 Å². The number of anilines is 1. The van der Waals surface area contributed by atoms with Gasteiger partial charge in [0.25, 0.3) is 0 Å². The van der Waals surface area contributed by atoms with Crippen LogP contribution in [-0.4, -0.2) is 89.6 Å². The Morgan fingerprint density at radius 1 is 1.25 bits per heavy atom. The van der Waals surface area contributed by atoms with Crippen LogP contribution in [0.3, 0.4) is 0 Å². The SMILES string of the molecule is C=CC(=O)N1CCN(c2nc(OC[C@@H]3CCCN3C)nc3c2CN(Cc2c(F)cccc2OC)C3)C[C@@H]1CC#N. The first-order valence-electron chi connectivity index (χ1n) is 13.7. The van der Waals surface area contributed by atoms with Crippen LogP contribution >= 0.6 is 0 Å². The fourth-order valence-electron chi connectivity index (χ4n) is 5.92. The second-order valence-corrected chi connectivity index (χ2v) is 10.6. The Morgan fingerprint density at radius 3 is 2.83 bits per heavy atom. The standard InChI is InChI=1S/C29H36FN7O3/c1-4-27(38)37-14-13-36(15-20(37)10-11-31)28-23-17-35(16-22-24(30)8-5-9-26(22)39-3)18-25(23)32-29(33-28)40-19-21-7-6-12-34(21)2/h4-5,8-9,20-21H,1,6-7,10,12-19H2,2-3H3/t20-,21-/m0/s1. The van der Waals surface area contributed by atoms with Crippen LogP contribution in [0.25, 0.3) is 0 Å². The number of likely N-dealkylation sites (N-methyl/N-ethyl adjacent to an activating group) is 1. The lowest BCUT2D eigenvalue weighted by atomic mass is 10.1. The van der Waals surface area contributed by atoms with Crippen LogP contribution in [0.1, 0.15) is 36.1 Å². The first-order valence-corrected chi connectivity index (χ1v) is 13.7. The Hall–Kier alpha value is -3.75. The Bertz CT molecular complexity index is 1300. The second kappa shape index (κ2) is 12.2. The Balaban J connectivity index is 1.42. The zero-order valence-electron chi connectivity index (χ0n) is 23.2. The molecule has 10 nitrogen and oxygen atoms in total. The number of hydrogen-bond acceptors (Lipinski definition) is 9. The van der Waals surface area contributed by atoms with Crippen molar-refractivity contribution in [1.82, 2.24) is 24.7 Å². The molecule has 2 aromatic rings. The highest BCUT2D eigenvalue weighted by molar-refractivity contribution is 5.87. The maximum Gasteiger partial charge on any atom is 0.318 e. The number of halogens is 1. The number of amides is 1. The number of aromatic nitrogens is 2. The van der Waals surface area contributed by atoms with Gasteiger partial charge in [-0.15, -0.1) is 0 Å². The summed E-state index contributed by atoms with van der Waals surface area (Å²) in [6.45, 7) is 8.03. The summed E-state index contributed by atoms with van der Waals surface area (Å²) in [7, 11) is 3.64. The van der Waals surface area contributed by atoms with Crippen LogP contribution in [0, 0.1) is 17.1 Å². The molecule has 212 valence electrons. The lowest BCUT2D eigenvalue weighted by Crippen LogP contribution is -2.55. The van der Waals surface area contributed by atoms with E-state index in [2.05, 4.69) is 34.4 Å². The van der Waals surface area contributed by atoms with E-state index in [1.54, 1.807) is 24.1 Å². The number of nitriles is 1. The van der Waals surface area contributed by atoms with Crippen molar-refractivity contribution < 1.29 is 18.7 Å². The third-order valence-electron chi connectivity index (χ3n) is 8.13. The van der Waals surface area contributed by atoms with Crippen molar-refractivity contribution in [2.24, 2.45) is 0 Å². The third-order valence-corrected chi connectivity index (χ3v) is 8.13. The molecule has 0 saturated carbocycles. The van der Waals surface area contributed by atoms with E-state index in [-0.39, 0.29) is 24.2 Å². The van der Waals surface area contributed by atoms with Crippen LogP contribution in [0.5, 0.6) is 11.8 Å². The Kier molecular flexibility index (Phi) is 8.47. The summed E-state index contributed by atoms with van der Waals surface area (Å²) in [5.74, 6) is 0.766. The van der Waals surface area contributed by atoms with E-state index in [4.69, 9.17) is 19.4 Å². The van der Waals surface area contributed by atoms with Gasteiger partial charge in [0.05, 0.1) is 31.3 Å². The molecule has 40 heavy (non-hydrogen) atoms. The van der Waals surface area contributed by atoms with Crippen LogP contribution in [0.2, 0.25) is 0 Å². The van der Waals surface area contributed by atoms with E-state index in [1.165, 1.54) is 12.1 Å². The molecule has 0 spiro atoms. The molecule has 2 saturated heterocycles. The Morgan fingerprint density at radius 2 is 2.10 bits per heavy atom. The maximum atomic E-state index is 14.7. The lowest BCUT2D eigenvalue weighted by Gasteiger charge is -2.41. The van der Waals surface area contributed by atoms with Gasteiger partial charge in [0.1, 0.15) is 24.0 Å². The molecule has 1 amide bonds. The highest BCUT2D eigenvalue weighted by Gasteiger charge is 2.35. The number of nitrogens with zero attached hydrogens (tertiary/aromatic N) is 7. The number of likely N-dealkylation sites (tertiary alicyclic amines) is 1. The van der Waals surface area contributed by atoms with Crippen LogP contribution in [-0.2, 0) is 24.4 Å². The summed E-state index contributed by atoms with van der Waals surface area (Å²) >= 11 is 0. The molecule has 0 aliphatic carbocycles. The quantitative estimate of drug-likeness (QED) is 0.437. The number of benzene rings is 1. The average Bonchev–Trinajstić information content (AvgIpc) is 3.57. The van der Waals surface area contributed by atoms with Gasteiger partial charge < -0.3 is 24.2 Å². The molecule has 1 aromatic heterocycles. The third kappa shape index (κ3) is 5.74. The van der Waals surface area contributed by atoms with Crippen molar-refractivity contribution in [3.05, 3.63) is 53.5 Å². The smallest absolute Gasteiger partial charge is 0.318 e. The van der Waals surface area contributed by atoms with Gasteiger partial charge >= 0.3 is 6.01 Å². The highest BCUT2D eigenvalue weighted by atomic mass is 19.1. The van der Waals surface area contributed by atoms with Crippen molar-refractivity contribution in [2.75, 3.05) is 51.8 Å². The fraction of sp³-hybridized carbons (Fsp3) is 0.517. The summed E-state index contributed by atoms with van der Waals surface area (Å²) in [5.41, 5.74) is 2.30. The molecule has 11 heteroatoms. The second-order valence-electron chi connectivity index (χ2n) is 10.6. The van der Waals surface area contributed by atoms with E-state index in [0.29, 0.717) is 69.2 Å². The van der Waals surface area contributed by atoms with Gasteiger partial charge in [-0.3, -0.25) is 9.69 Å². The number of rotatable bonds is 9. The molecule has 2 atom stereocenters. The molecule has 3 aliphatic rings. The molecular weight excluding hydrogens is 513 g/mol. The molecule has 2 fully saturated rings. The van der Waals surface area contributed by atoms with Gasteiger partial charge in [-0.25, -0.2) is 4.39 Å². The van der Waals surface area contributed by atoms with E-state index >= 15 is 0 Å². The monoisotopic (exact) mass is 549 g/mol. The highest BCUT2D eigenvalue weighted by Crippen LogP contribution is 2.35. The number of carbonyl (C=O) groups is 1. The van der Waals surface area contributed by atoms with Gasteiger partial charge in [-0.1, -0.05) is 12.6 Å². The fourth-order valence-corrected chi connectivity index (χ4v) is 5.92. The van der Waals surface area contributed by atoms with Gasteiger partial charge in [0, 0.05) is 56.4 Å². The molecule has 0 N–H and O–H groups in total. The number of fused-ring (bicyclic) bond motifs is 1. The Labute approximate surface area is 234 Å².